The fourth-order valence-electron chi connectivity index (χ4n) is 1.66. The minimum atomic E-state index is 0.104. The second-order valence-electron chi connectivity index (χ2n) is 3.95. The van der Waals surface area contributed by atoms with Gasteiger partial charge < -0.3 is 9.64 Å². The van der Waals surface area contributed by atoms with Crippen LogP contribution in [0, 0.1) is 5.92 Å². The van der Waals surface area contributed by atoms with Crippen LogP contribution < -0.4 is 0 Å². The average molecular weight is 185 g/mol. The van der Waals surface area contributed by atoms with Crippen LogP contribution in [0.3, 0.4) is 0 Å². The maximum absolute atomic E-state index is 11.6. The van der Waals surface area contributed by atoms with E-state index in [1.54, 1.807) is 0 Å². The van der Waals surface area contributed by atoms with Crippen LogP contribution in [-0.2, 0) is 9.53 Å². The Balaban J connectivity index is 2.45. The molecular formula is C10H19NO2. The third-order valence-electron chi connectivity index (χ3n) is 2.58. The summed E-state index contributed by atoms with van der Waals surface area (Å²) < 4.78 is 5.25. The van der Waals surface area contributed by atoms with Gasteiger partial charge >= 0.3 is 0 Å². The molecule has 0 unspecified atom stereocenters. The first-order valence-corrected chi connectivity index (χ1v) is 4.97. The van der Waals surface area contributed by atoms with Crippen LogP contribution in [0.25, 0.3) is 0 Å². The molecule has 1 rings (SSSR count). The summed E-state index contributed by atoms with van der Waals surface area (Å²) in [6.07, 6.45) is 1.96. The standard InChI is InChI=1S/C10H19NO2/c1-8(2)10(12)11(3)9-4-6-13-7-5-9/h8-9H,4-7H2,1-3H3. The third kappa shape index (κ3) is 2.69. The fourth-order valence-corrected chi connectivity index (χ4v) is 1.66. The van der Waals surface area contributed by atoms with Crippen molar-refractivity contribution in [2.75, 3.05) is 20.3 Å². The Morgan fingerprint density at radius 2 is 1.92 bits per heavy atom. The van der Waals surface area contributed by atoms with Gasteiger partial charge in [0.25, 0.3) is 0 Å². The molecule has 0 aromatic heterocycles. The summed E-state index contributed by atoms with van der Waals surface area (Å²) in [5.74, 6) is 0.347. The van der Waals surface area contributed by atoms with Crippen LogP contribution in [0.15, 0.2) is 0 Å². The molecule has 0 aromatic rings. The average Bonchev–Trinajstić information content (AvgIpc) is 2.17. The van der Waals surface area contributed by atoms with Crippen molar-refractivity contribution in [1.29, 1.82) is 0 Å². The Morgan fingerprint density at radius 1 is 1.38 bits per heavy atom. The summed E-state index contributed by atoms with van der Waals surface area (Å²) in [5, 5.41) is 0. The predicted molar refractivity (Wildman–Crippen MR) is 51.4 cm³/mol. The van der Waals surface area contributed by atoms with Gasteiger partial charge in [-0.1, -0.05) is 13.8 Å². The molecule has 0 aromatic carbocycles. The summed E-state index contributed by atoms with van der Waals surface area (Å²) in [6, 6.07) is 0.392. The highest BCUT2D eigenvalue weighted by atomic mass is 16.5. The van der Waals surface area contributed by atoms with Crippen molar-refractivity contribution in [3.63, 3.8) is 0 Å². The zero-order valence-electron chi connectivity index (χ0n) is 8.75. The fraction of sp³-hybridized carbons (Fsp3) is 0.900. The van der Waals surface area contributed by atoms with Crippen LogP contribution in [0.1, 0.15) is 26.7 Å². The Hall–Kier alpha value is -0.570. The van der Waals surface area contributed by atoms with E-state index in [-0.39, 0.29) is 11.8 Å². The van der Waals surface area contributed by atoms with Crippen LogP contribution >= 0.6 is 0 Å². The van der Waals surface area contributed by atoms with Gasteiger partial charge in [0.15, 0.2) is 0 Å². The minimum Gasteiger partial charge on any atom is -0.381 e. The molecule has 3 heteroatoms. The van der Waals surface area contributed by atoms with E-state index >= 15 is 0 Å². The van der Waals surface area contributed by atoms with E-state index < -0.39 is 0 Å². The molecule has 1 aliphatic heterocycles. The number of rotatable bonds is 2. The SMILES string of the molecule is CC(C)C(=O)N(C)C1CCOCC1. The number of carbonyl (C=O) groups excluding carboxylic acids is 1. The third-order valence-corrected chi connectivity index (χ3v) is 2.58. The van der Waals surface area contributed by atoms with Crippen molar-refractivity contribution in [3.8, 4) is 0 Å². The Morgan fingerprint density at radius 3 is 2.38 bits per heavy atom. The van der Waals surface area contributed by atoms with E-state index in [4.69, 9.17) is 4.74 Å². The monoisotopic (exact) mass is 185 g/mol. The van der Waals surface area contributed by atoms with Gasteiger partial charge in [0.05, 0.1) is 0 Å². The summed E-state index contributed by atoms with van der Waals surface area (Å²) in [7, 11) is 1.90. The van der Waals surface area contributed by atoms with E-state index in [0.717, 1.165) is 26.1 Å². The van der Waals surface area contributed by atoms with Crippen molar-refractivity contribution in [1.82, 2.24) is 4.90 Å². The highest BCUT2D eigenvalue weighted by Gasteiger charge is 2.23. The van der Waals surface area contributed by atoms with Crippen molar-refractivity contribution in [2.45, 2.75) is 32.7 Å². The largest absolute Gasteiger partial charge is 0.381 e. The predicted octanol–water partition coefficient (Wildman–Crippen LogP) is 1.28. The Labute approximate surface area is 80.1 Å². The molecule has 0 radical (unpaired) electrons. The number of hydrogen-bond donors (Lipinski definition) is 0. The summed E-state index contributed by atoms with van der Waals surface area (Å²) in [4.78, 5) is 13.5. The topological polar surface area (TPSA) is 29.5 Å². The maximum atomic E-state index is 11.6. The quantitative estimate of drug-likeness (QED) is 0.648. The van der Waals surface area contributed by atoms with Gasteiger partial charge in [0, 0.05) is 32.2 Å². The molecule has 0 bridgehead atoms. The van der Waals surface area contributed by atoms with Gasteiger partial charge in [0.2, 0.25) is 5.91 Å². The number of carbonyl (C=O) groups is 1. The molecule has 1 saturated heterocycles. The first kappa shape index (κ1) is 10.5. The van der Waals surface area contributed by atoms with Gasteiger partial charge in [-0.25, -0.2) is 0 Å². The molecule has 0 saturated carbocycles. The molecule has 1 fully saturated rings. The number of nitrogens with zero attached hydrogens (tertiary/aromatic N) is 1. The first-order chi connectivity index (χ1) is 6.13. The molecule has 0 N–H and O–H groups in total. The molecule has 1 heterocycles. The van der Waals surface area contributed by atoms with Crippen LogP contribution in [-0.4, -0.2) is 37.1 Å². The first-order valence-electron chi connectivity index (χ1n) is 4.97. The lowest BCUT2D eigenvalue weighted by atomic mass is 10.1. The molecule has 1 aliphatic rings. The zero-order chi connectivity index (χ0) is 9.84. The highest BCUT2D eigenvalue weighted by molar-refractivity contribution is 5.78. The van der Waals surface area contributed by atoms with Gasteiger partial charge in [0.1, 0.15) is 0 Å². The maximum Gasteiger partial charge on any atom is 0.225 e. The molecule has 3 nitrogen and oxygen atoms in total. The molecule has 0 aliphatic carbocycles. The Bertz CT molecular complexity index is 174. The molecule has 13 heavy (non-hydrogen) atoms. The second-order valence-corrected chi connectivity index (χ2v) is 3.95. The lowest BCUT2D eigenvalue weighted by molar-refractivity contribution is -0.136. The molecule has 1 amide bonds. The second kappa shape index (κ2) is 4.61. The van der Waals surface area contributed by atoms with E-state index in [1.807, 2.05) is 25.8 Å². The minimum absolute atomic E-state index is 0.104. The molecule has 76 valence electrons. The molecule has 0 atom stereocenters. The number of ether oxygens (including phenoxy) is 1. The number of amides is 1. The van der Waals surface area contributed by atoms with Gasteiger partial charge in [-0.05, 0) is 12.8 Å². The smallest absolute Gasteiger partial charge is 0.225 e. The Kier molecular flexibility index (Phi) is 3.72. The van der Waals surface area contributed by atoms with Crippen molar-refractivity contribution >= 4 is 5.91 Å². The normalized spacial score (nSPS) is 19.1. The van der Waals surface area contributed by atoms with E-state index in [2.05, 4.69) is 0 Å². The summed E-state index contributed by atoms with van der Waals surface area (Å²) in [5.41, 5.74) is 0. The van der Waals surface area contributed by atoms with Crippen LogP contribution in [0.2, 0.25) is 0 Å². The lowest BCUT2D eigenvalue weighted by Gasteiger charge is -2.32. The number of hydrogen-bond acceptors (Lipinski definition) is 2. The zero-order valence-corrected chi connectivity index (χ0v) is 8.75. The van der Waals surface area contributed by atoms with Crippen LogP contribution in [0.4, 0.5) is 0 Å². The van der Waals surface area contributed by atoms with Gasteiger partial charge in [-0.2, -0.15) is 0 Å². The van der Waals surface area contributed by atoms with E-state index in [0.29, 0.717) is 6.04 Å². The van der Waals surface area contributed by atoms with Crippen molar-refractivity contribution in [2.24, 2.45) is 5.92 Å². The summed E-state index contributed by atoms with van der Waals surface area (Å²) >= 11 is 0. The molecule has 0 spiro atoms. The summed E-state index contributed by atoms with van der Waals surface area (Å²) in [6.45, 7) is 5.47. The van der Waals surface area contributed by atoms with Gasteiger partial charge in [-0.3, -0.25) is 4.79 Å². The van der Waals surface area contributed by atoms with E-state index in [9.17, 15) is 4.79 Å². The van der Waals surface area contributed by atoms with E-state index in [1.165, 1.54) is 0 Å². The van der Waals surface area contributed by atoms with Crippen molar-refractivity contribution < 1.29 is 9.53 Å². The highest BCUT2D eigenvalue weighted by Crippen LogP contribution is 2.14. The molecular weight excluding hydrogens is 166 g/mol. The lowest BCUT2D eigenvalue weighted by Crippen LogP contribution is -2.42. The van der Waals surface area contributed by atoms with Crippen molar-refractivity contribution in [3.05, 3.63) is 0 Å². The van der Waals surface area contributed by atoms with Gasteiger partial charge in [-0.15, -0.1) is 0 Å². The van der Waals surface area contributed by atoms with Crippen LogP contribution in [0.5, 0.6) is 0 Å².